The standard InChI is InChI=1S/C9H10BFNO2/c1-2-8(7-10)6-9(12(13)14)4-3-5-11/h2-6,13H,1,7H2/q-1/b5-3+,8-6+,9-4+. The van der Waals surface area contributed by atoms with Crippen molar-refractivity contribution in [1.82, 2.24) is 5.23 Å². The zero-order valence-corrected chi connectivity index (χ0v) is 7.56. The monoisotopic (exact) mass is 194 g/mol. The third-order valence-electron chi connectivity index (χ3n) is 1.39. The molecule has 0 saturated heterocycles. The van der Waals surface area contributed by atoms with Gasteiger partial charge in [0, 0.05) is 0 Å². The largest absolute Gasteiger partial charge is 0.733 e. The van der Waals surface area contributed by atoms with E-state index in [2.05, 4.69) is 6.58 Å². The summed E-state index contributed by atoms with van der Waals surface area (Å²) in [5, 5.41) is 18.8. The molecule has 0 aromatic carbocycles. The highest BCUT2D eigenvalue weighted by Gasteiger charge is 1.93. The van der Waals surface area contributed by atoms with Gasteiger partial charge >= 0.3 is 0 Å². The Labute approximate surface area is 83.5 Å². The third kappa shape index (κ3) is 4.64. The zero-order valence-electron chi connectivity index (χ0n) is 7.56. The van der Waals surface area contributed by atoms with Gasteiger partial charge in [0.2, 0.25) is 0 Å². The second kappa shape index (κ2) is 7.11. The Kier molecular flexibility index (Phi) is 6.44. The maximum Gasteiger partial charge on any atom is 0.0867 e. The summed E-state index contributed by atoms with van der Waals surface area (Å²) in [4.78, 5) is 0. The van der Waals surface area contributed by atoms with Gasteiger partial charge in [-0.3, -0.25) is 5.21 Å². The molecule has 0 aliphatic heterocycles. The van der Waals surface area contributed by atoms with Crippen LogP contribution >= 0.6 is 0 Å². The van der Waals surface area contributed by atoms with Crippen LogP contribution in [-0.4, -0.2) is 18.3 Å². The number of nitrogens with zero attached hydrogens (tertiary/aromatic N) is 1. The molecule has 0 heterocycles. The minimum atomic E-state index is -0.376. The number of rotatable bonds is 5. The van der Waals surface area contributed by atoms with E-state index in [0.717, 1.165) is 12.2 Å². The predicted octanol–water partition coefficient (Wildman–Crippen LogP) is 2.24. The van der Waals surface area contributed by atoms with Gasteiger partial charge in [0.1, 0.15) is 0 Å². The average Bonchev–Trinajstić information content (AvgIpc) is 2.18. The van der Waals surface area contributed by atoms with Crippen LogP contribution in [0.2, 0.25) is 6.32 Å². The lowest BCUT2D eigenvalue weighted by Crippen LogP contribution is -2.07. The highest BCUT2D eigenvalue weighted by Crippen LogP contribution is 2.09. The minimum absolute atomic E-state index is 0.126. The lowest BCUT2D eigenvalue weighted by atomic mass is 9.96. The van der Waals surface area contributed by atoms with Crippen molar-refractivity contribution in [3.63, 3.8) is 0 Å². The summed E-state index contributed by atoms with van der Waals surface area (Å²) >= 11 is 0. The summed E-state index contributed by atoms with van der Waals surface area (Å²) in [5.74, 6) is 0. The molecule has 5 heteroatoms. The maximum absolute atomic E-state index is 11.6. The van der Waals surface area contributed by atoms with Gasteiger partial charge in [-0.2, -0.15) is 0 Å². The van der Waals surface area contributed by atoms with Crippen LogP contribution in [0.15, 0.2) is 48.5 Å². The second-order valence-corrected chi connectivity index (χ2v) is 2.31. The Morgan fingerprint density at radius 3 is 2.64 bits per heavy atom. The number of hydroxylamine groups is 2. The van der Waals surface area contributed by atoms with E-state index >= 15 is 0 Å². The molecular formula is C9H10BFNO2-. The summed E-state index contributed by atoms with van der Waals surface area (Å²) < 4.78 is 11.6. The summed E-state index contributed by atoms with van der Waals surface area (Å²) in [5.41, 5.74) is 0.428. The SMILES string of the molecule is [B]C/C(C=C)=C/C(=C\C=C\F)N([O-])O. The fourth-order valence-corrected chi connectivity index (χ4v) is 0.693. The Bertz CT molecular complexity index is 272. The van der Waals surface area contributed by atoms with E-state index in [0.29, 0.717) is 5.57 Å². The van der Waals surface area contributed by atoms with Gasteiger partial charge in [-0.1, -0.05) is 24.5 Å². The van der Waals surface area contributed by atoms with Gasteiger partial charge in [-0.15, -0.1) is 0 Å². The van der Waals surface area contributed by atoms with E-state index < -0.39 is 0 Å². The quantitative estimate of drug-likeness (QED) is 0.414. The van der Waals surface area contributed by atoms with Gasteiger partial charge in [0.25, 0.3) is 0 Å². The van der Waals surface area contributed by atoms with E-state index in [4.69, 9.17) is 13.1 Å². The van der Waals surface area contributed by atoms with Gasteiger partial charge in [-0.05, 0) is 18.2 Å². The van der Waals surface area contributed by atoms with Crippen LogP contribution < -0.4 is 0 Å². The molecule has 0 aromatic heterocycles. The first-order valence-corrected chi connectivity index (χ1v) is 3.82. The molecule has 0 rings (SSSR count). The molecule has 0 amide bonds. The maximum atomic E-state index is 11.6. The molecule has 0 fully saturated rings. The van der Waals surface area contributed by atoms with Crippen LogP contribution in [0, 0.1) is 5.21 Å². The summed E-state index contributed by atoms with van der Waals surface area (Å²) in [6.45, 7) is 3.45. The normalized spacial score (nSPS) is 13.4. The lowest BCUT2D eigenvalue weighted by molar-refractivity contribution is 0.000987. The molecule has 0 spiro atoms. The van der Waals surface area contributed by atoms with Crippen LogP contribution in [0.1, 0.15) is 0 Å². The highest BCUT2D eigenvalue weighted by molar-refractivity contribution is 6.10. The molecule has 0 unspecified atom stereocenters. The van der Waals surface area contributed by atoms with Crippen molar-refractivity contribution >= 4 is 7.85 Å². The molecule has 14 heavy (non-hydrogen) atoms. The van der Waals surface area contributed by atoms with Gasteiger partial charge in [-0.25, -0.2) is 4.39 Å². The number of hydrogen-bond acceptors (Lipinski definition) is 3. The molecule has 0 bridgehead atoms. The number of allylic oxidation sites excluding steroid dienone is 5. The minimum Gasteiger partial charge on any atom is -0.733 e. The molecule has 74 valence electrons. The molecule has 2 radical (unpaired) electrons. The van der Waals surface area contributed by atoms with Crippen molar-refractivity contribution in [3.8, 4) is 0 Å². The van der Waals surface area contributed by atoms with Crippen molar-refractivity contribution in [2.24, 2.45) is 0 Å². The van der Waals surface area contributed by atoms with E-state index in [-0.39, 0.29) is 23.6 Å². The zero-order chi connectivity index (χ0) is 11.0. The molecule has 1 N–H and O–H groups in total. The topological polar surface area (TPSA) is 46.5 Å². The Morgan fingerprint density at radius 2 is 2.29 bits per heavy atom. The molecular weight excluding hydrogens is 184 g/mol. The first-order chi connectivity index (χ1) is 6.65. The molecule has 0 saturated carbocycles. The molecule has 3 nitrogen and oxygen atoms in total. The fraction of sp³-hybridized carbons (Fsp3) is 0.111. The van der Waals surface area contributed by atoms with Crippen LogP contribution in [-0.2, 0) is 0 Å². The molecule has 0 aliphatic rings. The van der Waals surface area contributed by atoms with Crippen LogP contribution in [0.3, 0.4) is 0 Å². The summed E-state index contributed by atoms with van der Waals surface area (Å²) in [7, 11) is 5.30. The Morgan fingerprint density at radius 1 is 1.64 bits per heavy atom. The van der Waals surface area contributed by atoms with Crippen LogP contribution in [0.4, 0.5) is 4.39 Å². The molecule has 0 aromatic rings. The van der Waals surface area contributed by atoms with Crippen LogP contribution in [0.5, 0.6) is 0 Å². The van der Waals surface area contributed by atoms with E-state index in [1.54, 1.807) is 0 Å². The molecule has 0 atom stereocenters. The first kappa shape index (κ1) is 12.7. The van der Waals surface area contributed by atoms with Crippen molar-refractivity contribution in [3.05, 3.63) is 53.7 Å². The van der Waals surface area contributed by atoms with E-state index in [1.807, 2.05) is 0 Å². The predicted molar refractivity (Wildman–Crippen MR) is 54.2 cm³/mol. The third-order valence-corrected chi connectivity index (χ3v) is 1.39. The first-order valence-electron chi connectivity index (χ1n) is 3.82. The van der Waals surface area contributed by atoms with Gasteiger partial charge in [0.15, 0.2) is 0 Å². The smallest absolute Gasteiger partial charge is 0.0867 e. The van der Waals surface area contributed by atoms with Crippen LogP contribution in [0.25, 0.3) is 0 Å². The van der Waals surface area contributed by atoms with E-state index in [1.165, 1.54) is 12.2 Å². The number of hydrogen-bond donors (Lipinski definition) is 1. The Hall–Kier alpha value is -1.33. The second-order valence-electron chi connectivity index (χ2n) is 2.31. The highest BCUT2D eigenvalue weighted by atomic mass is 19.1. The van der Waals surface area contributed by atoms with Crippen molar-refractivity contribution in [2.75, 3.05) is 0 Å². The number of halogens is 1. The van der Waals surface area contributed by atoms with Crippen molar-refractivity contribution in [2.45, 2.75) is 6.32 Å². The van der Waals surface area contributed by atoms with Crippen molar-refractivity contribution in [1.29, 1.82) is 0 Å². The fourth-order valence-electron chi connectivity index (χ4n) is 0.693. The lowest BCUT2D eigenvalue weighted by Gasteiger charge is -2.23. The van der Waals surface area contributed by atoms with Crippen molar-refractivity contribution < 1.29 is 9.60 Å². The Balaban J connectivity index is 4.84. The average molecular weight is 194 g/mol. The van der Waals surface area contributed by atoms with Gasteiger partial charge < -0.3 is 10.4 Å². The van der Waals surface area contributed by atoms with E-state index in [9.17, 15) is 9.60 Å². The molecule has 0 aliphatic carbocycles. The summed E-state index contributed by atoms with van der Waals surface area (Å²) in [6, 6.07) is 0. The van der Waals surface area contributed by atoms with Gasteiger partial charge in [0.05, 0.1) is 19.9 Å². The summed E-state index contributed by atoms with van der Waals surface area (Å²) in [6.07, 6.45) is 5.24.